The van der Waals surface area contributed by atoms with Crippen molar-refractivity contribution in [3.8, 4) is 0 Å². The van der Waals surface area contributed by atoms with Gasteiger partial charge in [0.05, 0.1) is 6.61 Å². The molecule has 1 aliphatic rings. The molecule has 15 heavy (non-hydrogen) atoms. The minimum Gasteiger partial charge on any atom is -0.455 e. The van der Waals surface area contributed by atoms with E-state index in [0.29, 0.717) is 12.2 Å². The van der Waals surface area contributed by atoms with E-state index in [1.807, 2.05) is 27.7 Å². The molecule has 0 radical (unpaired) electrons. The van der Waals surface area contributed by atoms with Gasteiger partial charge in [-0.15, -0.1) is 0 Å². The summed E-state index contributed by atoms with van der Waals surface area (Å²) in [4.78, 5) is 11.5. The second kappa shape index (κ2) is 3.63. The van der Waals surface area contributed by atoms with Crippen LogP contribution in [0.25, 0.3) is 0 Å². The van der Waals surface area contributed by atoms with Gasteiger partial charge in [-0.3, -0.25) is 0 Å². The first-order valence-corrected chi connectivity index (χ1v) is 5.17. The Balaban J connectivity index is 2.82. The van der Waals surface area contributed by atoms with E-state index in [1.165, 1.54) is 0 Å². The Morgan fingerprint density at radius 2 is 1.93 bits per heavy atom. The normalized spacial score (nSPS) is 27.4. The fraction of sp³-hybridized carbons (Fsp3) is 0.750. The first-order valence-electron chi connectivity index (χ1n) is 5.17. The highest BCUT2D eigenvalue weighted by atomic mass is 16.6. The van der Waals surface area contributed by atoms with Crippen LogP contribution in [0.3, 0.4) is 0 Å². The second-order valence-corrected chi connectivity index (χ2v) is 5.45. The molecule has 0 aromatic carbocycles. The second-order valence-electron chi connectivity index (χ2n) is 5.45. The molecule has 0 saturated carbocycles. The molecule has 1 heterocycles. The number of hydrogen-bond acceptors (Lipinski definition) is 3. The molecule has 0 amide bonds. The average molecular weight is 212 g/mol. The van der Waals surface area contributed by atoms with Gasteiger partial charge in [-0.1, -0.05) is 20.4 Å². The van der Waals surface area contributed by atoms with E-state index in [1.54, 1.807) is 6.92 Å². The largest absolute Gasteiger partial charge is 0.455 e. The molecule has 1 unspecified atom stereocenters. The highest BCUT2D eigenvalue weighted by Gasteiger charge is 2.51. The Morgan fingerprint density at radius 3 is 2.27 bits per heavy atom. The third kappa shape index (κ3) is 2.40. The van der Waals surface area contributed by atoms with Crippen molar-refractivity contribution in [2.45, 2.75) is 46.3 Å². The molecule has 3 heteroatoms. The summed E-state index contributed by atoms with van der Waals surface area (Å²) in [7, 11) is 0. The van der Waals surface area contributed by atoms with Crippen LogP contribution in [0.15, 0.2) is 12.2 Å². The van der Waals surface area contributed by atoms with Gasteiger partial charge in [0.2, 0.25) is 0 Å². The van der Waals surface area contributed by atoms with Gasteiger partial charge in [-0.2, -0.15) is 0 Å². The molecule has 0 aliphatic carbocycles. The molecule has 1 atom stereocenters. The highest BCUT2D eigenvalue weighted by Crippen LogP contribution is 2.41. The van der Waals surface area contributed by atoms with E-state index in [2.05, 4.69) is 6.58 Å². The first-order chi connectivity index (χ1) is 6.67. The topological polar surface area (TPSA) is 35.5 Å². The summed E-state index contributed by atoms with van der Waals surface area (Å²) in [5.74, 6) is -0.341. The van der Waals surface area contributed by atoms with Crippen LogP contribution in [0.4, 0.5) is 0 Å². The minimum absolute atomic E-state index is 0.144. The SMILES string of the molecule is C=C(C)C(=O)OC1C(C)(C)COC1(C)C. The van der Waals surface area contributed by atoms with E-state index in [4.69, 9.17) is 9.47 Å². The smallest absolute Gasteiger partial charge is 0.333 e. The molecular weight excluding hydrogens is 192 g/mol. The lowest BCUT2D eigenvalue weighted by Gasteiger charge is -2.32. The van der Waals surface area contributed by atoms with Gasteiger partial charge >= 0.3 is 5.97 Å². The zero-order valence-corrected chi connectivity index (χ0v) is 10.2. The molecular formula is C12H20O3. The lowest BCUT2D eigenvalue weighted by Crippen LogP contribution is -2.43. The van der Waals surface area contributed by atoms with Crippen LogP contribution < -0.4 is 0 Å². The maximum absolute atomic E-state index is 11.5. The highest BCUT2D eigenvalue weighted by molar-refractivity contribution is 5.87. The van der Waals surface area contributed by atoms with Crippen LogP contribution in [-0.2, 0) is 14.3 Å². The Hall–Kier alpha value is -0.830. The number of ether oxygens (including phenoxy) is 2. The van der Waals surface area contributed by atoms with Crippen molar-refractivity contribution in [3.63, 3.8) is 0 Å². The number of esters is 1. The third-order valence-electron chi connectivity index (χ3n) is 2.73. The van der Waals surface area contributed by atoms with Crippen LogP contribution in [0, 0.1) is 5.41 Å². The van der Waals surface area contributed by atoms with Gasteiger partial charge in [0.25, 0.3) is 0 Å². The summed E-state index contributed by atoms with van der Waals surface area (Å²) in [5, 5.41) is 0. The monoisotopic (exact) mass is 212 g/mol. The number of rotatable bonds is 2. The van der Waals surface area contributed by atoms with Crippen molar-refractivity contribution in [2.75, 3.05) is 6.61 Å². The maximum atomic E-state index is 11.5. The van der Waals surface area contributed by atoms with E-state index < -0.39 is 5.60 Å². The Kier molecular flexibility index (Phi) is 2.97. The zero-order valence-electron chi connectivity index (χ0n) is 10.2. The molecule has 0 spiro atoms. The van der Waals surface area contributed by atoms with Gasteiger partial charge in [-0.25, -0.2) is 4.79 Å². The fourth-order valence-corrected chi connectivity index (χ4v) is 1.97. The quantitative estimate of drug-likeness (QED) is 0.520. The summed E-state index contributed by atoms with van der Waals surface area (Å²) in [6.07, 6.45) is -0.228. The molecule has 1 saturated heterocycles. The van der Waals surface area contributed by atoms with Gasteiger partial charge < -0.3 is 9.47 Å². The van der Waals surface area contributed by atoms with Crippen molar-refractivity contribution in [2.24, 2.45) is 5.41 Å². The number of hydrogen-bond donors (Lipinski definition) is 0. The molecule has 0 bridgehead atoms. The predicted molar refractivity (Wildman–Crippen MR) is 58.5 cm³/mol. The van der Waals surface area contributed by atoms with E-state index in [0.717, 1.165) is 0 Å². The van der Waals surface area contributed by atoms with Gasteiger partial charge in [0.1, 0.15) is 11.7 Å². The van der Waals surface area contributed by atoms with Crippen LogP contribution in [0.2, 0.25) is 0 Å². The summed E-state index contributed by atoms with van der Waals surface area (Å²) in [6, 6.07) is 0. The molecule has 86 valence electrons. The molecule has 0 aromatic heterocycles. The molecule has 0 N–H and O–H groups in total. The van der Waals surface area contributed by atoms with Crippen molar-refractivity contribution in [3.05, 3.63) is 12.2 Å². The average Bonchev–Trinajstić information content (AvgIpc) is 2.28. The zero-order chi connectivity index (χ0) is 11.9. The first kappa shape index (κ1) is 12.2. The van der Waals surface area contributed by atoms with Crippen molar-refractivity contribution in [1.82, 2.24) is 0 Å². The Morgan fingerprint density at radius 1 is 1.40 bits per heavy atom. The van der Waals surface area contributed by atoms with Crippen LogP contribution in [-0.4, -0.2) is 24.3 Å². The van der Waals surface area contributed by atoms with Gasteiger partial charge in [0.15, 0.2) is 0 Å². The lowest BCUT2D eigenvalue weighted by atomic mass is 9.82. The summed E-state index contributed by atoms with van der Waals surface area (Å²) < 4.78 is 11.1. The van der Waals surface area contributed by atoms with E-state index in [9.17, 15) is 4.79 Å². The Bertz CT molecular complexity index is 273. The third-order valence-corrected chi connectivity index (χ3v) is 2.73. The van der Waals surface area contributed by atoms with Crippen LogP contribution >= 0.6 is 0 Å². The Labute approximate surface area is 91.4 Å². The fourth-order valence-electron chi connectivity index (χ4n) is 1.97. The van der Waals surface area contributed by atoms with Crippen LogP contribution in [0.1, 0.15) is 34.6 Å². The molecule has 3 nitrogen and oxygen atoms in total. The van der Waals surface area contributed by atoms with Crippen molar-refractivity contribution >= 4 is 5.97 Å². The molecule has 0 aromatic rings. The number of carbonyl (C=O) groups excluding carboxylic acids is 1. The summed E-state index contributed by atoms with van der Waals surface area (Å²) >= 11 is 0. The van der Waals surface area contributed by atoms with E-state index in [-0.39, 0.29) is 17.5 Å². The maximum Gasteiger partial charge on any atom is 0.333 e. The lowest BCUT2D eigenvalue weighted by molar-refractivity contribution is -0.155. The van der Waals surface area contributed by atoms with Gasteiger partial charge in [-0.05, 0) is 20.8 Å². The molecule has 1 fully saturated rings. The van der Waals surface area contributed by atoms with Crippen molar-refractivity contribution in [1.29, 1.82) is 0 Å². The van der Waals surface area contributed by atoms with Crippen molar-refractivity contribution < 1.29 is 14.3 Å². The summed E-state index contributed by atoms with van der Waals surface area (Å²) in [6.45, 7) is 13.8. The van der Waals surface area contributed by atoms with E-state index >= 15 is 0 Å². The van der Waals surface area contributed by atoms with Crippen LogP contribution in [0.5, 0.6) is 0 Å². The van der Waals surface area contributed by atoms with Gasteiger partial charge in [0, 0.05) is 11.0 Å². The minimum atomic E-state index is -0.422. The molecule has 1 aliphatic heterocycles. The number of carbonyl (C=O) groups is 1. The summed E-state index contributed by atoms with van der Waals surface area (Å²) in [5.41, 5.74) is -0.142. The standard InChI is InChI=1S/C12H20O3/c1-8(2)9(13)15-10-11(3,4)7-14-12(10,5)6/h10H,1,7H2,2-6H3. The molecule has 1 rings (SSSR count). The predicted octanol–water partition coefficient (Wildman–Crippen LogP) is 2.31.